The van der Waals surface area contributed by atoms with Gasteiger partial charge in [0.2, 0.25) is 11.8 Å². The highest BCUT2D eigenvalue weighted by molar-refractivity contribution is 5.79. The van der Waals surface area contributed by atoms with Gasteiger partial charge in [-0.1, -0.05) is 44.2 Å². The molecule has 0 bridgehead atoms. The highest BCUT2D eigenvalue weighted by Crippen LogP contribution is 2.07. The molecule has 1 aromatic carbocycles. The van der Waals surface area contributed by atoms with Gasteiger partial charge in [0.25, 0.3) is 0 Å². The standard InChI is InChI=1S/C18H29N3O2/c1-15(2)13-17(22)20-11-9-18(23)21(12-6-10-19)14-16-7-4-3-5-8-16/h3-5,7-8,15H,6,9-14,19H2,1-2H3,(H,20,22). The first kappa shape index (κ1) is 19.2. The molecule has 0 heterocycles. The maximum absolute atomic E-state index is 12.4. The van der Waals surface area contributed by atoms with Gasteiger partial charge in [0.05, 0.1) is 0 Å². The zero-order chi connectivity index (χ0) is 17.1. The SMILES string of the molecule is CC(C)CC(=O)NCCC(=O)N(CCCN)Cc1ccccc1. The number of hydrogen-bond donors (Lipinski definition) is 2. The molecule has 5 heteroatoms. The first-order chi connectivity index (χ1) is 11.0. The number of amides is 2. The average molecular weight is 319 g/mol. The van der Waals surface area contributed by atoms with Crippen LogP contribution in [0.4, 0.5) is 0 Å². The summed E-state index contributed by atoms with van der Waals surface area (Å²) in [4.78, 5) is 25.8. The Morgan fingerprint density at radius 1 is 1.22 bits per heavy atom. The predicted molar refractivity (Wildman–Crippen MR) is 92.6 cm³/mol. The second kappa shape index (κ2) is 10.8. The largest absolute Gasteiger partial charge is 0.356 e. The van der Waals surface area contributed by atoms with Crippen LogP contribution in [0.25, 0.3) is 0 Å². The third-order valence-electron chi connectivity index (χ3n) is 3.46. The van der Waals surface area contributed by atoms with Crippen LogP contribution in [0.2, 0.25) is 0 Å². The summed E-state index contributed by atoms with van der Waals surface area (Å²) in [7, 11) is 0. The van der Waals surface area contributed by atoms with Crippen molar-refractivity contribution in [2.45, 2.75) is 39.7 Å². The fraction of sp³-hybridized carbons (Fsp3) is 0.556. The van der Waals surface area contributed by atoms with Crippen molar-refractivity contribution in [3.63, 3.8) is 0 Å². The quantitative estimate of drug-likeness (QED) is 0.692. The minimum Gasteiger partial charge on any atom is -0.356 e. The number of nitrogens with zero attached hydrogens (tertiary/aromatic N) is 1. The van der Waals surface area contributed by atoms with Gasteiger partial charge in [0.15, 0.2) is 0 Å². The molecule has 1 rings (SSSR count). The minimum atomic E-state index is 0.00404. The molecule has 128 valence electrons. The van der Waals surface area contributed by atoms with Crippen LogP contribution < -0.4 is 11.1 Å². The molecule has 0 fully saturated rings. The smallest absolute Gasteiger partial charge is 0.224 e. The van der Waals surface area contributed by atoms with Crippen LogP contribution in [0.3, 0.4) is 0 Å². The summed E-state index contributed by atoms with van der Waals surface area (Å²) in [6.45, 7) is 6.17. The van der Waals surface area contributed by atoms with Crippen molar-refractivity contribution < 1.29 is 9.59 Å². The molecule has 23 heavy (non-hydrogen) atoms. The van der Waals surface area contributed by atoms with Crippen LogP contribution in [-0.2, 0) is 16.1 Å². The fourth-order valence-corrected chi connectivity index (χ4v) is 2.29. The lowest BCUT2D eigenvalue weighted by Gasteiger charge is -2.23. The van der Waals surface area contributed by atoms with Gasteiger partial charge < -0.3 is 16.0 Å². The zero-order valence-electron chi connectivity index (χ0n) is 14.3. The molecule has 0 unspecified atom stereocenters. The fourth-order valence-electron chi connectivity index (χ4n) is 2.29. The van der Waals surface area contributed by atoms with Crippen molar-refractivity contribution in [1.82, 2.24) is 10.2 Å². The summed E-state index contributed by atoms with van der Waals surface area (Å²) in [6, 6.07) is 9.90. The second-order valence-electron chi connectivity index (χ2n) is 6.14. The van der Waals surface area contributed by atoms with Crippen molar-refractivity contribution in [1.29, 1.82) is 0 Å². The third kappa shape index (κ3) is 8.35. The highest BCUT2D eigenvalue weighted by Gasteiger charge is 2.14. The number of hydrogen-bond acceptors (Lipinski definition) is 3. The molecule has 5 nitrogen and oxygen atoms in total. The van der Waals surface area contributed by atoms with Crippen molar-refractivity contribution in [2.24, 2.45) is 11.7 Å². The monoisotopic (exact) mass is 319 g/mol. The van der Waals surface area contributed by atoms with E-state index < -0.39 is 0 Å². The molecule has 0 saturated heterocycles. The van der Waals surface area contributed by atoms with Gasteiger partial charge >= 0.3 is 0 Å². The zero-order valence-corrected chi connectivity index (χ0v) is 14.3. The predicted octanol–water partition coefficient (Wildman–Crippen LogP) is 1.92. The summed E-state index contributed by atoms with van der Waals surface area (Å²) >= 11 is 0. The Hall–Kier alpha value is -1.88. The number of nitrogens with one attached hydrogen (secondary N) is 1. The van der Waals surface area contributed by atoms with Gasteiger partial charge in [-0.25, -0.2) is 0 Å². The van der Waals surface area contributed by atoms with E-state index in [9.17, 15) is 9.59 Å². The van der Waals surface area contributed by atoms with Crippen LogP contribution >= 0.6 is 0 Å². The van der Waals surface area contributed by atoms with Gasteiger partial charge in [0.1, 0.15) is 0 Å². The molecule has 0 aliphatic heterocycles. The number of nitrogens with two attached hydrogens (primary N) is 1. The van der Waals surface area contributed by atoms with Gasteiger partial charge in [0, 0.05) is 32.5 Å². The first-order valence-electron chi connectivity index (χ1n) is 8.31. The summed E-state index contributed by atoms with van der Waals surface area (Å²) < 4.78 is 0. The molecule has 0 saturated carbocycles. The van der Waals surface area contributed by atoms with Gasteiger partial charge in [-0.05, 0) is 24.4 Å². The van der Waals surface area contributed by atoms with E-state index in [2.05, 4.69) is 5.32 Å². The van der Waals surface area contributed by atoms with Crippen molar-refractivity contribution in [2.75, 3.05) is 19.6 Å². The summed E-state index contributed by atoms with van der Waals surface area (Å²) in [6.07, 6.45) is 1.59. The lowest BCUT2D eigenvalue weighted by Crippen LogP contribution is -2.35. The lowest BCUT2D eigenvalue weighted by atomic mass is 10.1. The van der Waals surface area contributed by atoms with Crippen LogP contribution in [0, 0.1) is 5.92 Å². The lowest BCUT2D eigenvalue weighted by molar-refractivity contribution is -0.131. The number of carbonyl (C=O) groups excluding carboxylic acids is 2. The molecule has 1 aromatic rings. The van der Waals surface area contributed by atoms with Crippen LogP contribution in [0.5, 0.6) is 0 Å². The molecule has 0 spiro atoms. The highest BCUT2D eigenvalue weighted by atomic mass is 16.2. The summed E-state index contributed by atoms with van der Waals surface area (Å²) in [5, 5.41) is 2.81. The molecular formula is C18H29N3O2. The van der Waals surface area contributed by atoms with Gasteiger partial charge in [-0.3, -0.25) is 9.59 Å². The Balaban J connectivity index is 2.47. The van der Waals surface area contributed by atoms with Crippen molar-refractivity contribution in [3.8, 4) is 0 Å². The molecular weight excluding hydrogens is 290 g/mol. The molecule has 0 aliphatic carbocycles. The third-order valence-corrected chi connectivity index (χ3v) is 3.46. The average Bonchev–Trinajstić information content (AvgIpc) is 2.51. The van der Waals surface area contributed by atoms with Crippen molar-refractivity contribution >= 4 is 11.8 Å². The van der Waals surface area contributed by atoms with E-state index in [1.807, 2.05) is 49.1 Å². The Bertz CT molecular complexity index is 474. The molecule has 0 aliphatic rings. The van der Waals surface area contributed by atoms with E-state index in [-0.39, 0.29) is 11.8 Å². The van der Waals surface area contributed by atoms with Gasteiger partial charge in [-0.2, -0.15) is 0 Å². The summed E-state index contributed by atoms with van der Waals surface area (Å²) in [5.41, 5.74) is 6.66. The number of benzene rings is 1. The van der Waals surface area contributed by atoms with Crippen LogP contribution in [0.15, 0.2) is 30.3 Å². The van der Waals surface area contributed by atoms with E-state index in [4.69, 9.17) is 5.73 Å². The first-order valence-corrected chi connectivity index (χ1v) is 8.31. The molecule has 0 radical (unpaired) electrons. The Labute approximate surface area is 139 Å². The summed E-state index contributed by atoms with van der Waals surface area (Å²) in [5.74, 6) is 0.376. The van der Waals surface area contributed by atoms with Gasteiger partial charge in [-0.15, -0.1) is 0 Å². The molecule has 3 N–H and O–H groups in total. The van der Waals surface area contributed by atoms with E-state index in [1.165, 1.54) is 0 Å². The van der Waals surface area contributed by atoms with Crippen LogP contribution in [0.1, 0.15) is 38.7 Å². The topological polar surface area (TPSA) is 75.4 Å². The second-order valence-corrected chi connectivity index (χ2v) is 6.14. The van der Waals surface area contributed by atoms with E-state index >= 15 is 0 Å². The maximum Gasteiger partial charge on any atom is 0.224 e. The molecule has 0 atom stereocenters. The van der Waals surface area contributed by atoms with E-state index in [0.717, 1.165) is 12.0 Å². The number of rotatable bonds is 10. The molecule has 0 aromatic heterocycles. The molecule has 2 amide bonds. The van der Waals surface area contributed by atoms with E-state index in [1.54, 1.807) is 0 Å². The Kier molecular flexibility index (Phi) is 8.98. The Morgan fingerprint density at radius 2 is 1.91 bits per heavy atom. The Morgan fingerprint density at radius 3 is 2.52 bits per heavy atom. The van der Waals surface area contributed by atoms with Crippen LogP contribution in [-0.4, -0.2) is 36.3 Å². The normalized spacial score (nSPS) is 10.6. The minimum absolute atomic E-state index is 0.00404. The van der Waals surface area contributed by atoms with E-state index in [0.29, 0.717) is 44.9 Å². The number of carbonyl (C=O) groups is 2. The van der Waals surface area contributed by atoms with Crippen molar-refractivity contribution in [3.05, 3.63) is 35.9 Å². The maximum atomic E-state index is 12.4.